The van der Waals surface area contributed by atoms with Crippen molar-refractivity contribution in [1.82, 2.24) is 14.8 Å². The SMILES string of the molecule is CCCn1c(SCC(=O)Nc2sc(C(=O)OC)c(C)c2C(=O)OC)nnc1-c1csc(C(C)C)c1. The summed E-state index contributed by atoms with van der Waals surface area (Å²) in [6, 6.07) is 2.14. The van der Waals surface area contributed by atoms with Crippen LogP contribution >= 0.6 is 34.4 Å². The minimum absolute atomic E-state index is 0.0495. The normalized spacial score (nSPS) is 11.1. The van der Waals surface area contributed by atoms with Crippen LogP contribution in [0.1, 0.15) is 63.6 Å². The summed E-state index contributed by atoms with van der Waals surface area (Å²) in [6.07, 6.45) is 0.888. The van der Waals surface area contributed by atoms with Crippen LogP contribution in [0.3, 0.4) is 0 Å². The van der Waals surface area contributed by atoms with Crippen LogP contribution in [0.2, 0.25) is 0 Å². The molecule has 0 spiro atoms. The van der Waals surface area contributed by atoms with Gasteiger partial charge in [0.1, 0.15) is 9.88 Å². The minimum Gasteiger partial charge on any atom is -0.465 e. The summed E-state index contributed by atoms with van der Waals surface area (Å²) in [7, 11) is 2.50. The van der Waals surface area contributed by atoms with Gasteiger partial charge < -0.3 is 19.4 Å². The van der Waals surface area contributed by atoms with E-state index in [0.29, 0.717) is 16.6 Å². The van der Waals surface area contributed by atoms with Gasteiger partial charge in [0.25, 0.3) is 0 Å². The van der Waals surface area contributed by atoms with Crippen molar-refractivity contribution in [2.45, 2.75) is 51.7 Å². The van der Waals surface area contributed by atoms with Crippen LogP contribution in [0.5, 0.6) is 0 Å². The first-order valence-corrected chi connectivity index (χ1v) is 13.6. The number of aromatic nitrogens is 3. The average Bonchev–Trinajstić information content (AvgIpc) is 3.54. The number of hydrogen-bond acceptors (Lipinski definition) is 10. The van der Waals surface area contributed by atoms with E-state index < -0.39 is 11.9 Å². The van der Waals surface area contributed by atoms with Crippen LogP contribution in [0.25, 0.3) is 11.4 Å². The minimum atomic E-state index is -0.638. The first kappa shape index (κ1) is 26.9. The number of carbonyl (C=O) groups is 3. The van der Waals surface area contributed by atoms with E-state index in [2.05, 4.69) is 47.7 Å². The Hall–Kier alpha value is -2.70. The maximum absolute atomic E-state index is 12.8. The fraction of sp³-hybridized carbons (Fsp3) is 0.435. The van der Waals surface area contributed by atoms with Gasteiger partial charge in [0.05, 0.1) is 25.5 Å². The molecule has 0 aromatic carbocycles. The van der Waals surface area contributed by atoms with Gasteiger partial charge in [0.2, 0.25) is 5.91 Å². The number of ether oxygens (including phenoxy) is 2. The molecule has 12 heteroatoms. The highest BCUT2D eigenvalue weighted by atomic mass is 32.2. The third kappa shape index (κ3) is 5.93. The Balaban J connectivity index is 1.78. The molecular weight excluding hydrogens is 508 g/mol. The number of anilines is 1. The van der Waals surface area contributed by atoms with E-state index in [0.717, 1.165) is 35.7 Å². The summed E-state index contributed by atoms with van der Waals surface area (Å²) in [5.74, 6) is -0.300. The number of thioether (sulfide) groups is 1. The molecule has 3 aromatic heterocycles. The summed E-state index contributed by atoms with van der Waals surface area (Å²) < 4.78 is 11.6. The zero-order valence-electron chi connectivity index (χ0n) is 20.5. The fourth-order valence-corrected chi connectivity index (χ4v) is 6.13. The highest BCUT2D eigenvalue weighted by Gasteiger charge is 2.27. The molecule has 3 rings (SSSR count). The van der Waals surface area contributed by atoms with Crippen molar-refractivity contribution < 1.29 is 23.9 Å². The Morgan fingerprint density at radius 2 is 1.89 bits per heavy atom. The molecule has 0 radical (unpaired) electrons. The number of nitrogens with zero attached hydrogens (tertiary/aromatic N) is 3. The summed E-state index contributed by atoms with van der Waals surface area (Å²) in [4.78, 5) is 38.7. The number of carbonyl (C=O) groups excluding carboxylic acids is 3. The van der Waals surface area contributed by atoms with Crippen LogP contribution in [-0.4, -0.2) is 52.6 Å². The molecule has 0 unspecified atom stereocenters. The van der Waals surface area contributed by atoms with Crippen molar-refractivity contribution in [3.63, 3.8) is 0 Å². The second kappa shape index (κ2) is 11.8. The molecule has 1 amide bonds. The molecule has 9 nitrogen and oxygen atoms in total. The van der Waals surface area contributed by atoms with E-state index >= 15 is 0 Å². The number of hydrogen-bond donors (Lipinski definition) is 1. The van der Waals surface area contributed by atoms with Crippen molar-refractivity contribution >= 4 is 57.3 Å². The Kier molecular flexibility index (Phi) is 9.09. The quantitative estimate of drug-likeness (QED) is 0.277. The first-order valence-electron chi connectivity index (χ1n) is 11.0. The number of thiophene rings is 2. The van der Waals surface area contributed by atoms with E-state index in [1.54, 1.807) is 18.3 Å². The zero-order chi connectivity index (χ0) is 25.7. The lowest BCUT2D eigenvalue weighted by Gasteiger charge is -2.09. The molecule has 1 N–H and O–H groups in total. The van der Waals surface area contributed by atoms with Gasteiger partial charge in [-0.15, -0.1) is 32.9 Å². The van der Waals surface area contributed by atoms with Crippen LogP contribution < -0.4 is 5.32 Å². The molecule has 0 aliphatic heterocycles. The second-order valence-corrected chi connectivity index (χ2v) is 10.8. The summed E-state index contributed by atoms with van der Waals surface area (Å²) in [5.41, 5.74) is 1.56. The third-order valence-corrected chi connectivity index (χ3v) is 8.49. The summed E-state index contributed by atoms with van der Waals surface area (Å²) in [5, 5.41) is 14.4. The topological polar surface area (TPSA) is 112 Å². The van der Waals surface area contributed by atoms with E-state index in [1.165, 1.54) is 30.9 Å². The van der Waals surface area contributed by atoms with Crippen molar-refractivity contribution in [2.24, 2.45) is 0 Å². The number of esters is 2. The largest absolute Gasteiger partial charge is 0.465 e. The Morgan fingerprint density at radius 1 is 1.17 bits per heavy atom. The smallest absolute Gasteiger partial charge is 0.348 e. The summed E-state index contributed by atoms with van der Waals surface area (Å²) in [6.45, 7) is 8.72. The molecule has 35 heavy (non-hydrogen) atoms. The lowest BCUT2D eigenvalue weighted by atomic mass is 10.1. The predicted octanol–water partition coefficient (Wildman–Crippen LogP) is 5.21. The van der Waals surface area contributed by atoms with Gasteiger partial charge in [-0.25, -0.2) is 9.59 Å². The number of amides is 1. The molecular formula is C23H28N4O5S3. The van der Waals surface area contributed by atoms with Crippen LogP contribution in [-0.2, 0) is 20.8 Å². The third-order valence-electron chi connectivity index (χ3n) is 5.10. The van der Waals surface area contributed by atoms with E-state index in [4.69, 9.17) is 9.47 Å². The second-order valence-electron chi connectivity index (χ2n) is 7.93. The van der Waals surface area contributed by atoms with Crippen LogP contribution in [0, 0.1) is 6.92 Å². The molecule has 0 saturated carbocycles. The van der Waals surface area contributed by atoms with Crippen LogP contribution in [0.15, 0.2) is 16.6 Å². The van der Waals surface area contributed by atoms with Gasteiger partial charge in [-0.05, 0) is 30.9 Å². The van der Waals surface area contributed by atoms with Gasteiger partial charge in [0, 0.05) is 22.4 Å². The number of methoxy groups -OCH3 is 2. The monoisotopic (exact) mass is 536 g/mol. The van der Waals surface area contributed by atoms with Gasteiger partial charge in [0.15, 0.2) is 11.0 Å². The molecule has 0 aliphatic rings. The van der Waals surface area contributed by atoms with Crippen LogP contribution in [0.4, 0.5) is 5.00 Å². The zero-order valence-corrected chi connectivity index (χ0v) is 22.9. The Labute approximate surface area is 216 Å². The molecule has 0 aliphatic carbocycles. The van der Waals surface area contributed by atoms with E-state index in [9.17, 15) is 14.4 Å². The molecule has 0 fully saturated rings. The highest BCUT2D eigenvalue weighted by Crippen LogP contribution is 2.35. The van der Waals surface area contributed by atoms with E-state index in [-0.39, 0.29) is 27.1 Å². The Morgan fingerprint density at radius 3 is 2.49 bits per heavy atom. The lowest BCUT2D eigenvalue weighted by Crippen LogP contribution is -2.16. The lowest BCUT2D eigenvalue weighted by molar-refractivity contribution is -0.113. The van der Waals surface area contributed by atoms with Gasteiger partial charge >= 0.3 is 11.9 Å². The van der Waals surface area contributed by atoms with Crippen molar-refractivity contribution in [3.05, 3.63) is 32.3 Å². The van der Waals surface area contributed by atoms with Gasteiger partial charge in [-0.2, -0.15) is 0 Å². The number of nitrogens with one attached hydrogen (secondary N) is 1. The summed E-state index contributed by atoms with van der Waals surface area (Å²) >= 11 is 3.94. The molecule has 0 bridgehead atoms. The molecule has 3 heterocycles. The molecule has 0 saturated heterocycles. The van der Waals surface area contributed by atoms with E-state index in [1.807, 2.05) is 4.57 Å². The van der Waals surface area contributed by atoms with Gasteiger partial charge in [-0.3, -0.25) is 4.79 Å². The molecule has 188 valence electrons. The average molecular weight is 537 g/mol. The van der Waals surface area contributed by atoms with Crippen molar-refractivity contribution in [1.29, 1.82) is 0 Å². The first-order chi connectivity index (χ1) is 16.7. The fourth-order valence-electron chi connectivity index (χ4n) is 3.34. The standard InChI is InChI=1S/C23H28N4O5S3/c1-7-8-27-19(14-9-15(12(2)3)33-10-14)25-26-23(27)34-11-16(28)24-20-17(21(29)31-5)13(4)18(35-20)22(30)32-6/h9-10,12H,7-8,11H2,1-6H3,(H,24,28). The van der Waals surface area contributed by atoms with Crippen molar-refractivity contribution in [3.8, 4) is 11.4 Å². The maximum atomic E-state index is 12.8. The predicted molar refractivity (Wildman–Crippen MR) is 139 cm³/mol. The maximum Gasteiger partial charge on any atom is 0.348 e. The van der Waals surface area contributed by atoms with Gasteiger partial charge in [-0.1, -0.05) is 32.5 Å². The number of rotatable bonds is 10. The molecule has 0 atom stereocenters. The molecule has 3 aromatic rings. The highest BCUT2D eigenvalue weighted by molar-refractivity contribution is 7.99. The van der Waals surface area contributed by atoms with Crippen molar-refractivity contribution in [2.75, 3.05) is 25.3 Å². The Bertz CT molecular complexity index is 1230.